The van der Waals surface area contributed by atoms with Crippen LogP contribution < -0.4 is 5.32 Å². The lowest BCUT2D eigenvalue weighted by molar-refractivity contribution is 0.571. The summed E-state index contributed by atoms with van der Waals surface area (Å²) in [5.41, 5.74) is 0. The Kier molecular flexibility index (Phi) is 3.80. The number of sulfone groups is 1. The lowest BCUT2D eigenvalue weighted by atomic mass is 10.2. The molecule has 0 aromatic heterocycles. The summed E-state index contributed by atoms with van der Waals surface area (Å²) in [4.78, 5) is 0. The highest BCUT2D eigenvalue weighted by atomic mass is 35.5. The molecule has 1 heterocycles. The van der Waals surface area contributed by atoms with E-state index in [1.54, 1.807) is 0 Å². The fraction of sp³-hybridized carbons (Fsp3) is 1.00. The van der Waals surface area contributed by atoms with Gasteiger partial charge in [0.05, 0.1) is 5.25 Å². The van der Waals surface area contributed by atoms with E-state index in [9.17, 15) is 8.42 Å². The molecule has 1 saturated heterocycles. The Morgan fingerprint density at radius 2 is 2.00 bits per heavy atom. The van der Waals surface area contributed by atoms with Gasteiger partial charge in [-0.1, -0.05) is 0 Å². The van der Waals surface area contributed by atoms with Crippen molar-refractivity contribution in [3.63, 3.8) is 0 Å². The van der Waals surface area contributed by atoms with Crippen LogP contribution in [0.1, 0.15) is 13.3 Å². The number of hydrogen-bond acceptors (Lipinski definition) is 3. The van der Waals surface area contributed by atoms with Gasteiger partial charge in [-0.2, -0.15) is 0 Å². The van der Waals surface area contributed by atoms with Crippen molar-refractivity contribution < 1.29 is 8.42 Å². The molecule has 0 radical (unpaired) electrons. The van der Waals surface area contributed by atoms with Crippen molar-refractivity contribution in [2.75, 3.05) is 12.8 Å². The molecule has 0 saturated carbocycles. The molecule has 0 aromatic carbocycles. The van der Waals surface area contributed by atoms with Crippen molar-refractivity contribution in [2.24, 2.45) is 0 Å². The van der Waals surface area contributed by atoms with Crippen LogP contribution in [-0.4, -0.2) is 32.5 Å². The Morgan fingerprint density at radius 1 is 1.45 bits per heavy atom. The summed E-state index contributed by atoms with van der Waals surface area (Å²) < 4.78 is 22.0. The van der Waals surface area contributed by atoms with Crippen LogP contribution in [-0.2, 0) is 9.84 Å². The van der Waals surface area contributed by atoms with Crippen molar-refractivity contribution >= 4 is 22.2 Å². The van der Waals surface area contributed by atoms with Gasteiger partial charge in [0.15, 0.2) is 9.84 Å². The fourth-order valence-electron chi connectivity index (χ4n) is 1.42. The molecule has 1 N–H and O–H groups in total. The van der Waals surface area contributed by atoms with Gasteiger partial charge in [0.25, 0.3) is 0 Å². The maximum absolute atomic E-state index is 11.0. The van der Waals surface area contributed by atoms with Gasteiger partial charge >= 0.3 is 0 Å². The van der Waals surface area contributed by atoms with Gasteiger partial charge in [0.2, 0.25) is 0 Å². The first kappa shape index (κ1) is 11.2. The Hall–Kier alpha value is 0.200. The summed E-state index contributed by atoms with van der Waals surface area (Å²) in [6.45, 7) is 2.75. The minimum atomic E-state index is -2.81. The molecule has 1 rings (SSSR count). The third-order valence-corrected chi connectivity index (χ3v) is 3.75. The van der Waals surface area contributed by atoms with Crippen LogP contribution in [0.2, 0.25) is 0 Å². The Balaban J connectivity index is 0.000001000. The molecule has 1 aliphatic rings. The Labute approximate surface area is 73.9 Å². The first-order valence-electron chi connectivity index (χ1n) is 3.44. The maximum Gasteiger partial charge on any atom is 0.151 e. The molecule has 68 valence electrons. The quantitative estimate of drug-likeness (QED) is 0.657. The van der Waals surface area contributed by atoms with Gasteiger partial charge in [-0.3, -0.25) is 0 Å². The second-order valence-electron chi connectivity index (χ2n) is 2.90. The summed E-state index contributed by atoms with van der Waals surface area (Å²) in [5, 5.41) is 2.94. The molecular weight excluding hydrogens is 186 g/mol. The van der Waals surface area contributed by atoms with Gasteiger partial charge in [-0.05, 0) is 19.9 Å². The molecule has 0 bridgehead atoms. The van der Waals surface area contributed by atoms with Gasteiger partial charge in [-0.15, -0.1) is 12.4 Å². The van der Waals surface area contributed by atoms with Crippen LogP contribution >= 0.6 is 12.4 Å². The molecule has 0 amide bonds. The number of halogens is 1. The zero-order valence-corrected chi connectivity index (χ0v) is 8.33. The summed E-state index contributed by atoms with van der Waals surface area (Å²) in [7, 11) is -2.81. The molecule has 5 heteroatoms. The van der Waals surface area contributed by atoms with E-state index in [-0.39, 0.29) is 23.7 Å². The van der Waals surface area contributed by atoms with Crippen molar-refractivity contribution in [3.8, 4) is 0 Å². The van der Waals surface area contributed by atoms with Crippen molar-refractivity contribution in [1.29, 1.82) is 0 Å². The highest BCUT2D eigenvalue weighted by molar-refractivity contribution is 7.91. The third kappa shape index (κ3) is 2.61. The van der Waals surface area contributed by atoms with E-state index in [0.717, 1.165) is 13.0 Å². The second-order valence-corrected chi connectivity index (χ2v) is 5.16. The highest BCUT2D eigenvalue weighted by Crippen LogP contribution is 2.14. The average Bonchev–Trinajstić information content (AvgIpc) is 2.11. The first-order valence-corrected chi connectivity index (χ1v) is 5.39. The lowest BCUT2D eigenvalue weighted by Gasteiger charge is -2.11. The molecule has 0 aliphatic carbocycles. The normalized spacial score (nSPS) is 31.5. The molecular formula is C6H14ClNO2S. The van der Waals surface area contributed by atoms with Crippen LogP contribution in [0.5, 0.6) is 0 Å². The van der Waals surface area contributed by atoms with Gasteiger partial charge in [0.1, 0.15) is 0 Å². The van der Waals surface area contributed by atoms with Gasteiger partial charge in [0, 0.05) is 12.3 Å². The lowest BCUT2D eigenvalue weighted by Crippen LogP contribution is -2.32. The maximum atomic E-state index is 11.0. The second kappa shape index (κ2) is 3.74. The highest BCUT2D eigenvalue weighted by Gasteiger charge is 2.30. The molecule has 1 aliphatic heterocycles. The largest absolute Gasteiger partial charge is 0.313 e. The van der Waals surface area contributed by atoms with Crippen LogP contribution in [0.15, 0.2) is 0 Å². The van der Waals surface area contributed by atoms with E-state index < -0.39 is 9.84 Å². The number of rotatable bonds is 1. The smallest absolute Gasteiger partial charge is 0.151 e. The van der Waals surface area contributed by atoms with Gasteiger partial charge in [-0.25, -0.2) is 8.42 Å². The monoisotopic (exact) mass is 199 g/mol. The molecule has 2 unspecified atom stereocenters. The number of hydrogen-bond donors (Lipinski definition) is 1. The zero-order valence-electron chi connectivity index (χ0n) is 6.70. The van der Waals surface area contributed by atoms with E-state index in [2.05, 4.69) is 5.32 Å². The van der Waals surface area contributed by atoms with Gasteiger partial charge < -0.3 is 5.32 Å². The van der Waals surface area contributed by atoms with Crippen LogP contribution in [0.4, 0.5) is 0 Å². The molecule has 11 heavy (non-hydrogen) atoms. The third-order valence-electron chi connectivity index (χ3n) is 2.00. The van der Waals surface area contributed by atoms with E-state index in [4.69, 9.17) is 0 Å². The molecule has 3 nitrogen and oxygen atoms in total. The minimum absolute atomic E-state index is 0. The van der Waals surface area contributed by atoms with Crippen LogP contribution in [0, 0.1) is 0 Å². The predicted octanol–water partition coefficient (Wildman–Crippen LogP) is 0.203. The SMILES string of the molecule is CC1NCCC1S(C)(=O)=O.Cl. The molecule has 1 fully saturated rings. The standard InChI is InChI=1S/C6H13NO2S.ClH/c1-5-6(3-4-7-5)10(2,8)9;/h5-7H,3-4H2,1-2H3;1H. The summed E-state index contributed by atoms with van der Waals surface area (Å²) in [6, 6.07) is 0.134. The predicted molar refractivity (Wildman–Crippen MR) is 48.0 cm³/mol. The van der Waals surface area contributed by atoms with Crippen molar-refractivity contribution in [2.45, 2.75) is 24.6 Å². The van der Waals surface area contributed by atoms with Crippen molar-refractivity contribution in [1.82, 2.24) is 5.32 Å². The zero-order chi connectivity index (χ0) is 7.78. The summed E-state index contributed by atoms with van der Waals surface area (Å²) in [6.07, 6.45) is 2.07. The molecule has 0 aromatic rings. The van der Waals surface area contributed by atoms with E-state index in [0.29, 0.717) is 0 Å². The van der Waals surface area contributed by atoms with E-state index in [1.807, 2.05) is 6.92 Å². The average molecular weight is 200 g/mol. The molecule has 0 spiro atoms. The van der Waals surface area contributed by atoms with Crippen LogP contribution in [0.3, 0.4) is 0 Å². The van der Waals surface area contributed by atoms with Crippen LogP contribution in [0.25, 0.3) is 0 Å². The summed E-state index contributed by atoms with van der Waals surface area (Å²) >= 11 is 0. The van der Waals surface area contributed by atoms with E-state index >= 15 is 0 Å². The Bertz CT molecular complexity index is 215. The first-order chi connectivity index (χ1) is 4.52. The Morgan fingerprint density at radius 3 is 2.18 bits per heavy atom. The topological polar surface area (TPSA) is 46.2 Å². The van der Waals surface area contributed by atoms with E-state index in [1.165, 1.54) is 6.26 Å². The molecule has 2 atom stereocenters. The summed E-state index contributed by atoms with van der Waals surface area (Å²) in [5.74, 6) is 0. The number of nitrogens with one attached hydrogen (secondary N) is 1. The minimum Gasteiger partial charge on any atom is -0.313 e. The fourth-order valence-corrected chi connectivity index (χ4v) is 2.80. The van der Waals surface area contributed by atoms with Crippen molar-refractivity contribution in [3.05, 3.63) is 0 Å².